The molecule has 0 aliphatic rings. The number of aryl methyl sites for hydroxylation is 1. The van der Waals surface area contributed by atoms with Gasteiger partial charge < -0.3 is 5.32 Å². The number of hydrogen-bond donors (Lipinski definition) is 1. The van der Waals surface area contributed by atoms with E-state index in [1.54, 1.807) is 0 Å². The van der Waals surface area contributed by atoms with Gasteiger partial charge in [0.25, 0.3) is 0 Å². The van der Waals surface area contributed by atoms with E-state index in [1.165, 1.54) is 24.1 Å². The van der Waals surface area contributed by atoms with Gasteiger partial charge in [0, 0.05) is 11.7 Å². The van der Waals surface area contributed by atoms with Crippen molar-refractivity contribution in [2.45, 2.75) is 46.6 Å². The summed E-state index contributed by atoms with van der Waals surface area (Å²) >= 11 is 0. The molecule has 0 aliphatic carbocycles. The maximum Gasteiger partial charge on any atom is 0.0371 e. The predicted molar refractivity (Wildman–Crippen MR) is 68.3 cm³/mol. The van der Waals surface area contributed by atoms with Crippen LogP contribution in [0.25, 0.3) is 0 Å². The quantitative estimate of drug-likeness (QED) is 0.758. The maximum absolute atomic E-state index is 3.57. The van der Waals surface area contributed by atoms with Crippen LogP contribution in [0.3, 0.4) is 0 Å². The molecule has 1 rings (SSSR count). The van der Waals surface area contributed by atoms with Crippen LogP contribution < -0.4 is 5.32 Å². The summed E-state index contributed by atoms with van der Waals surface area (Å²) in [6, 6.07) is 9.04. The van der Waals surface area contributed by atoms with E-state index in [4.69, 9.17) is 0 Å². The fourth-order valence-corrected chi connectivity index (χ4v) is 1.66. The number of hydrogen-bond acceptors (Lipinski definition) is 1. The first kappa shape index (κ1) is 12.1. The fourth-order valence-electron chi connectivity index (χ4n) is 1.66. The van der Waals surface area contributed by atoms with Crippen molar-refractivity contribution in [2.24, 2.45) is 5.92 Å². The van der Waals surface area contributed by atoms with Crippen LogP contribution in [0.1, 0.15) is 39.2 Å². The minimum absolute atomic E-state index is 0.563. The number of rotatable bonds is 5. The van der Waals surface area contributed by atoms with Gasteiger partial charge in [-0.25, -0.2) is 0 Å². The molecule has 1 aromatic rings. The summed E-state index contributed by atoms with van der Waals surface area (Å²) in [6.45, 7) is 8.97. The molecule has 1 unspecified atom stereocenters. The van der Waals surface area contributed by atoms with E-state index >= 15 is 0 Å². The molecule has 1 nitrogen and oxygen atoms in total. The van der Waals surface area contributed by atoms with Crippen molar-refractivity contribution in [2.75, 3.05) is 5.32 Å². The zero-order valence-electron chi connectivity index (χ0n) is 10.4. The molecule has 0 saturated carbocycles. The van der Waals surface area contributed by atoms with Gasteiger partial charge >= 0.3 is 0 Å². The topological polar surface area (TPSA) is 12.0 Å². The molecule has 0 aromatic heterocycles. The van der Waals surface area contributed by atoms with Crippen molar-refractivity contribution in [1.82, 2.24) is 0 Å². The predicted octanol–water partition coefficient (Wildman–Crippen LogP) is 4.23. The molecule has 1 atom stereocenters. The molecule has 0 heterocycles. The summed E-state index contributed by atoms with van der Waals surface area (Å²) in [6.07, 6.45) is 2.53. The second-order valence-corrected chi connectivity index (χ2v) is 4.83. The van der Waals surface area contributed by atoms with Crippen molar-refractivity contribution < 1.29 is 0 Å². The Bertz CT molecular complexity index is 291. The molecule has 0 spiro atoms. The number of anilines is 1. The van der Waals surface area contributed by atoms with E-state index in [0.717, 1.165) is 5.92 Å². The smallest absolute Gasteiger partial charge is 0.0371 e. The second-order valence-electron chi connectivity index (χ2n) is 4.83. The average molecular weight is 205 g/mol. The van der Waals surface area contributed by atoms with Crippen LogP contribution in [0.2, 0.25) is 0 Å². The Hall–Kier alpha value is -0.980. The Balaban J connectivity index is 2.44. The van der Waals surface area contributed by atoms with Crippen molar-refractivity contribution in [1.29, 1.82) is 0 Å². The third-order valence-electron chi connectivity index (χ3n) is 2.72. The van der Waals surface area contributed by atoms with Crippen LogP contribution in [0.5, 0.6) is 0 Å². The fraction of sp³-hybridized carbons (Fsp3) is 0.571. The van der Waals surface area contributed by atoms with Crippen molar-refractivity contribution in [3.8, 4) is 0 Å². The van der Waals surface area contributed by atoms with E-state index in [-0.39, 0.29) is 0 Å². The molecular weight excluding hydrogens is 182 g/mol. The molecular formula is C14H23N. The number of benzene rings is 1. The lowest BCUT2D eigenvalue weighted by Crippen LogP contribution is -2.16. The molecule has 0 radical (unpaired) electrons. The third-order valence-corrected chi connectivity index (χ3v) is 2.72. The van der Waals surface area contributed by atoms with E-state index in [1.807, 2.05) is 0 Å². The van der Waals surface area contributed by atoms with Gasteiger partial charge in [-0.1, -0.05) is 32.0 Å². The van der Waals surface area contributed by atoms with Crippen molar-refractivity contribution >= 4 is 5.69 Å². The van der Waals surface area contributed by atoms with Crippen molar-refractivity contribution in [3.05, 3.63) is 29.8 Å². The SMILES string of the molecule is Cc1ccccc1NC(C)CCC(C)C. The Kier molecular flexibility index (Phi) is 4.67. The normalized spacial score (nSPS) is 12.9. The molecule has 1 N–H and O–H groups in total. The Morgan fingerprint density at radius 2 is 1.73 bits per heavy atom. The van der Waals surface area contributed by atoms with E-state index in [0.29, 0.717) is 6.04 Å². The van der Waals surface area contributed by atoms with Gasteiger partial charge in [-0.3, -0.25) is 0 Å². The highest BCUT2D eigenvalue weighted by Gasteiger charge is 2.04. The summed E-state index contributed by atoms with van der Waals surface area (Å²) < 4.78 is 0. The minimum atomic E-state index is 0.563. The van der Waals surface area contributed by atoms with Crippen LogP contribution in [0, 0.1) is 12.8 Å². The summed E-state index contributed by atoms with van der Waals surface area (Å²) in [5.41, 5.74) is 2.60. The van der Waals surface area contributed by atoms with Crippen LogP contribution in [-0.2, 0) is 0 Å². The molecule has 0 bridgehead atoms. The van der Waals surface area contributed by atoms with Gasteiger partial charge in [-0.2, -0.15) is 0 Å². The zero-order chi connectivity index (χ0) is 11.3. The lowest BCUT2D eigenvalue weighted by atomic mass is 10.0. The Labute approximate surface area is 93.9 Å². The van der Waals surface area contributed by atoms with E-state index in [2.05, 4.69) is 57.3 Å². The van der Waals surface area contributed by atoms with Gasteiger partial charge in [0.2, 0.25) is 0 Å². The van der Waals surface area contributed by atoms with Gasteiger partial charge in [0.15, 0.2) is 0 Å². The molecule has 84 valence electrons. The van der Waals surface area contributed by atoms with E-state index in [9.17, 15) is 0 Å². The first-order valence-electron chi connectivity index (χ1n) is 5.91. The van der Waals surface area contributed by atoms with Crippen molar-refractivity contribution in [3.63, 3.8) is 0 Å². The lowest BCUT2D eigenvalue weighted by Gasteiger charge is -2.17. The first-order valence-corrected chi connectivity index (χ1v) is 5.91. The van der Waals surface area contributed by atoms with Crippen LogP contribution in [-0.4, -0.2) is 6.04 Å². The highest BCUT2D eigenvalue weighted by Crippen LogP contribution is 2.16. The lowest BCUT2D eigenvalue weighted by molar-refractivity contribution is 0.527. The van der Waals surface area contributed by atoms with Gasteiger partial charge in [-0.05, 0) is 44.2 Å². The van der Waals surface area contributed by atoms with Gasteiger partial charge in [0.05, 0.1) is 0 Å². The molecule has 0 saturated heterocycles. The van der Waals surface area contributed by atoms with Crippen LogP contribution >= 0.6 is 0 Å². The highest BCUT2D eigenvalue weighted by molar-refractivity contribution is 5.50. The second kappa shape index (κ2) is 5.79. The monoisotopic (exact) mass is 205 g/mol. The summed E-state index contributed by atoms with van der Waals surface area (Å²) in [7, 11) is 0. The van der Waals surface area contributed by atoms with Gasteiger partial charge in [0.1, 0.15) is 0 Å². The number of nitrogens with one attached hydrogen (secondary N) is 1. The average Bonchev–Trinajstić information content (AvgIpc) is 2.18. The summed E-state index contributed by atoms with van der Waals surface area (Å²) in [5.74, 6) is 0.797. The maximum atomic E-state index is 3.57. The van der Waals surface area contributed by atoms with Crippen LogP contribution in [0.15, 0.2) is 24.3 Å². The third kappa shape index (κ3) is 4.37. The van der Waals surface area contributed by atoms with E-state index < -0.39 is 0 Å². The van der Waals surface area contributed by atoms with Crippen LogP contribution in [0.4, 0.5) is 5.69 Å². The molecule has 1 aromatic carbocycles. The molecule has 0 aliphatic heterocycles. The molecule has 15 heavy (non-hydrogen) atoms. The standard InChI is InChI=1S/C14H23N/c1-11(2)9-10-13(4)15-14-8-6-5-7-12(14)3/h5-8,11,13,15H,9-10H2,1-4H3. The number of para-hydroxylation sites is 1. The first-order chi connectivity index (χ1) is 7.09. The molecule has 0 fully saturated rings. The molecule has 1 heteroatoms. The minimum Gasteiger partial charge on any atom is -0.382 e. The largest absolute Gasteiger partial charge is 0.382 e. The summed E-state index contributed by atoms with van der Waals surface area (Å²) in [4.78, 5) is 0. The highest BCUT2D eigenvalue weighted by atomic mass is 14.9. The molecule has 0 amide bonds. The Morgan fingerprint density at radius 1 is 1.07 bits per heavy atom. The van der Waals surface area contributed by atoms with Gasteiger partial charge in [-0.15, -0.1) is 0 Å². The summed E-state index contributed by atoms with van der Waals surface area (Å²) in [5, 5.41) is 3.57. The Morgan fingerprint density at radius 3 is 2.33 bits per heavy atom. The zero-order valence-corrected chi connectivity index (χ0v) is 10.4.